The van der Waals surface area contributed by atoms with Gasteiger partial charge in [0.05, 0.1) is 36.2 Å². The van der Waals surface area contributed by atoms with Crippen LogP contribution in [0.5, 0.6) is 0 Å². The minimum Gasteiger partial charge on any atom is -0.389 e. The molecular formula is C23H24N4O3. The van der Waals surface area contributed by atoms with E-state index >= 15 is 0 Å². The maximum Gasteiger partial charge on any atom is 0.261 e. The molecule has 1 saturated heterocycles. The zero-order valence-corrected chi connectivity index (χ0v) is 16.9. The van der Waals surface area contributed by atoms with Crippen LogP contribution in [-0.2, 0) is 11.2 Å². The zero-order valence-electron chi connectivity index (χ0n) is 16.9. The Morgan fingerprint density at radius 1 is 1.37 bits per heavy atom. The first-order valence-corrected chi connectivity index (χ1v) is 10.2. The maximum absolute atomic E-state index is 13.5. The second kappa shape index (κ2) is 7.66. The van der Waals surface area contributed by atoms with E-state index in [4.69, 9.17) is 4.74 Å². The van der Waals surface area contributed by atoms with Crippen LogP contribution in [0.15, 0.2) is 47.8 Å². The molecule has 0 bridgehead atoms. The Hall–Kier alpha value is -3.03. The zero-order chi connectivity index (χ0) is 20.7. The fourth-order valence-corrected chi connectivity index (χ4v) is 4.47. The Bertz CT molecular complexity index is 1170. The van der Waals surface area contributed by atoms with Crippen LogP contribution in [0, 0.1) is 0 Å². The van der Waals surface area contributed by atoms with E-state index < -0.39 is 6.10 Å². The number of pyridine rings is 1. The number of rotatable bonds is 3. The molecule has 0 spiro atoms. The number of ether oxygens (including phenoxy) is 1. The predicted molar refractivity (Wildman–Crippen MR) is 116 cm³/mol. The second-order valence-electron chi connectivity index (χ2n) is 7.97. The highest BCUT2D eigenvalue weighted by molar-refractivity contribution is 5.97. The van der Waals surface area contributed by atoms with E-state index in [0.29, 0.717) is 30.4 Å². The summed E-state index contributed by atoms with van der Waals surface area (Å²) in [5.74, 6) is 0. The summed E-state index contributed by atoms with van der Waals surface area (Å²) in [7, 11) is 2.02. The van der Waals surface area contributed by atoms with E-state index in [1.165, 1.54) is 0 Å². The van der Waals surface area contributed by atoms with E-state index in [2.05, 4.69) is 27.0 Å². The molecule has 3 aromatic rings. The van der Waals surface area contributed by atoms with Crippen LogP contribution in [0.3, 0.4) is 0 Å². The summed E-state index contributed by atoms with van der Waals surface area (Å²) in [6, 6.07) is 5.60. The van der Waals surface area contributed by atoms with Crippen molar-refractivity contribution in [3.8, 4) is 0 Å². The van der Waals surface area contributed by atoms with Gasteiger partial charge in [-0.2, -0.15) is 0 Å². The highest BCUT2D eigenvalue weighted by atomic mass is 16.5. The number of nitrogens with zero attached hydrogens (tertiary/aromatic N) is 4. The summed E-state index contributed by atoms with van der Waals surface area (Å²) >= 11 is 0. The van der Waals surface area contributed by atoms with Crippen molar-refractivity contribution in [1.29, 1.82) is 0 Å². The first-order chi connectivity index (χ1) is 14.6. The van der Waals surface area contributed by atoms with E-state index in [1.807, 2.05) is 31.4 Å². The van der Waals surface area contributed by atoms with Gasteiger partial charge in [-0.25, -0.2) is 4.98 Å². The molecular weight excluding hydrogens is 380 g/mol. The maximum atomic E-state index is 13.5. The van der Waals surface area contributed by atoms with E-state index in [1.54, 1.807) is 17.1 Å². The van der Waals surface area contributed by atoms with Crippen molar-refractivity contribution < 1.29 is 9.84 Å². The number of likely N-dealkylation sites (N-methyl/N-ethyl adjacent to an activating group) is 1. The number of aliphatic hydroxyl groups excluding tert-OH is 1. The molecule has 7 heteroatoms. The standard InChI is InChI=1S/C23H24N4O3/c1-26-8-3-5-17-16(10-15-4-2-7-24-12-15)11-18-21(22(17)26)25-14-27(23(18)29)19-6-9-30-13-20(19)28/h2-5,7,11-12,14,19-20,28H,6,8-10,13H2,1H3/t19-,20-/m0/s1. The molecule has 0 aliphatic carbocycles. The Morgan fingerprint density at radius 2 is 2.27 bits per heavy atom. The van der Waals surface area contributed by atoms with Crippen LogP contribution in [0.4, 0.5) is 5.69 Å². The first kappa shape index (κ1) is 19.0. The van der Waals surface area contributed by atoms with Crippen molar-refractivity contribution in [2.45, 2.75) is 25.0 Å². The van der Waals surface area contributed by atoms with Crippen molar-refractivity contribution >= 4 is 22.7 Å². The molecule has 2 aromatic heterocycles. The lowest BCUT2D eigenvalue weighted by Gasteiger charge is -2.30. The van der Waals surface area contributed by atoms with Gasteiger partial charge < -0.3 is 14.7 Å². The third-order valence-electron chi connectivity index (χ3n) is 5.99. The van der Waals surface area contributed by atoms with Gasteiger partial charge in [-0.15, -0.1) is 0 Å². The lowest BCUT2D eigenvalue weighted by molar-refractivity contribution is -0.0395. The van der Waals surface area contributed by atoms with Crippen LogP contribution < -0.4 is 10.5 Å². The molecule has 2 atom stereocenters. The lowest BCUT2D eigenvalue weighted by Crippen LogP contribution is -2.39. The van der Waals surface area contributed by atoms with Gasteiger partial charge in [0.2, 0.25) is 0 Å². The highest BCUT2D eigenvalue weighted by Gasteiger charge is 2.28. The molecule has 7 nitrogen and oxygen atoms in total. The summed E-state index contributed by atoms with van der Waals surface area (Å²) in [5, 5.41) is 10.9. The van der Waals surface area contributed by atoms with Gasteiger partial charge in [0.15, 0.2) is 0 Å². The van der Waals surface area contributed by atoms with Crippen LogP contribution in [-0.4, -0.2) is 52.6 Å². The molecule has 1 N–H and O–H groups in total. The second-order valence-corrected chi connectivity index (χ2v) is 7.97. The Morgan fingerprint density at radius 3 is 3.07 bits per heavy atom. The van der Waals surface area contributed by atoms with Crippen molar-refractivity contribution in [3.05, 3.63) is 70.0 Å². The molecule has 154 valence electrons. The SMILES string of the molecule is CN1CC=Cc2c(Cc3cccnc3)cc3c(=O)n([C@H]4CCOC[C@@H]4O)cnc3c21. The monoisotopic (exact) mass is 404 g/mol. The largest absolute Gasteiger partial charge is 0.389 e. The molecule has 0 radical (unpaired) electrons. The number of benzene rings is 1. The van der Waals surface area contributed by atoms with Gasteiger partial charge >= 0.3 is 0 Å². The summed E-state index contributed by atoms with van der Waals surface area (Å²) in [6.07, 6.45) is 9.99. The highest BCUT2D eigenvalue weighted by Crippen LogP contribution is 2.35. The third-order valence-corrected chi connectivity index (χ3v) is 5.99. The number of fused-ring (bicyclic) bond motifs is 3. The normalized spacial score (nSPS) is 21.1. The van der Waals surface area contributed by atoms with Crippen molar-refractivity contribution in [2.24, 2.45) is 0 Å². The number of hydrogen-bond acceptors (Lipinski definition) is 6. The molecule has 0 saturated carbocycles. The molecule has 30 heavy (non-hydrogen) atoms. The molecule has 5 rings (SSSR count). The average molecular weight is 404 g/mol. The van der Waals surface area contributed by atoms with Crippen LogP contribution in [0.25, 0.3) is 17.0 Å². The summed E-state index contributed by atoms with van der Waals surface area (Å²) in [6.45, 7) is 1.52. The molecule has 0 unspecified atom stereocenters. The van der Waals surface area contributed by atoms with Gasteiger partial charge in [0.25, 0.3) is 5.56 Å². The molecule has 1 aromatic carbocycles. The fourth-order valence-electron chi connectivity index (χ4n) is 4.47. The van der Waals surface area contributed by atoms with E-state index in [0.717, 1.165) is 28.9 Å². The van der Waals surface area contributed by atoms with Crippen molar-refractivity contribution in [2.75, 3.05) is 31.7 Å². The smallest absolute Gasteiger partial charge is 0.261 e. The number of hydrogen-bond donors (Lipinski definition) is 1. The molecule has 1 fully saturated rings. The van der Waals surface area contributed by atoms with E-state index in [9.17, 15) is 9.90 Å². The molecule has 2 aliphatic heterocycles. The Kier molecular flexibility index (Phi) is 4.84. The van der Waals surface area contributed by atoms with Crippen LogP contribution >= 0.6 is 0 Å². The van der Waals surface area contributed by atoms with Crippen LogP contribution in [0.1, 0.15) is 29.2 Å². The minimum absolute atomic E-state index is 0.121. The average Bonchev–Trinajstić information content (AvgIpc) is 2.76. The summed E-state index contributed by atoms with van der Waals surface area (Å²) in [4.78, 5) is 24.5. The number of anilines is 1. The topological polar surface area (TPSA) is 80.5 Å². The van der Waals surface area contributed by atoms with Crippen molar-refractivity contribution in [3.63, 3.8) is 0 Å². The van der Waals surface area contributed by atoms with Gasteiger partial charge in [-0.1, -0.05) is 18.2 Å². The van der Waals surface area contributed by atoms with E-state index in [-0.39, 0.29) is 18.2 Å². The number of aromatic nitrogens is 3. The fraction of sp³-hybridized carbons (Fsp3) is 0.348. The lowest BCUT2D eigenvalue weighted by atomic mass is 9.94. The van der Waals surface area contributed by atoms with Crippen LogP contribution in [0.2, 0.25) is 0 Å². The third kappa shape index (κ3) is 3.20. The molecule has 0 amide bonds. The van der Waals surface area contributed by atoms with Gasteiger partial charge in [-0.3, -0.25) is 14.3 Å². The van der Waals surface area contributed by atoms with Gasteiger partial charge in [0, 0.05) is 38.2 Å². The van der Waals surface area contributed by atoms with Gasteiger partial charge in [-0.05, 0) is 36.1 Å². The number of aliphatic hydroxyl groups is 1. The van der Waals surface area contributed by atoms with Crippen molar-refractivity contribution in [1.82, 2.24) is 14.5 Å². The summed E-state index contributed by atoms with van der Waals surface area (Å²) < 4.78 is 6.91. The minimum atomic E-state index is -0.714. The Labute approximate surface area is 174 Å². The Balaban J connectivity index is 1.71. The molecule has 4 heterocycles. The summed E-state index contributed by atoms with van der Waals surface area (Å²) in [5.41, 5.74) is 4.81. The quantitative estimate of drug-likeness (QED) is 0.721. The predicted octanol–water partition coefficient (Wildman–Crippen LogP) is 2.17. The molecule has 2 aliphatic rings. The van der Waals surface area contributed by atoms with Gasteiger partial charge in [0.1, 0.15) is 5.52 Å². The first-order valence-electron chi connectivity index (χ1n) is 10.2.